The summed E-state index contributed by atoms with van der Waals surface area (Å²) in [7, 11) is 0. The molecule has 0 bridgehead atoms. The number of rotatable bonds is 6. The summed E-state index contributed by atoms with van der Waals surface area (Å²) in [6.45, 7) is 4.42. The number of imidazole rings is 1. The van der Waals surface area contributed by atoms with Crippen LogP contribution >= 0.6 is 0 Å². The standard InChI is InChI=1S/C23H23FN10O/c24-20-18(7-14(9-25)8-19(20)33-5-3-32(4-6-33)17-12-35-13-17)29-23-30-21(28-15-1-2-15)22-27-11-16(10-26)34(22)31-23/h7-8,11,15,17H,1-6,12-13H2,(H2,28,29,30,31). The van der Waals surface area contributed by atoms with Gasteiger partial charge in [-0.2, -0.15) is 20.0 Å². The Kier molecular flexibility index (Phi) is 5.32. The van der Waals surface area contributed by atoms with E-state index in [0.717, 1.165) is 39.1 Å². The van der Waals surface area contributed by atoms with E-state index in [1.165, 1.54) is 16.8 Å². The van der Waals surface area contributed by atoms with Gasteiger partial charge >= 0.3 is 0 Å². The lowest BCUT2D eigenvalue weighted by molar-refractivity contribution is -0.0660. The van der Waals surface area contributed by atoms with Gasteiger partial charge in [0.1, 0.15) is 6.07 Å². The minimum Gasteiger partial charge on any atom is -0.378 e. The Labute approximate surface area is 200 Å². The molecule has 12 heteroatoms. The molecule has 1 aliphatic carbocycles. The van der Waals surface area contributed by atoms with E-state index in [4.69, 9.17) is 4.74 Å². The summed E-state index contributed by atoms with van der Waals surface area (Å²) in [5, 5.41) is 29.6. The molecule has 0 radical (unpaired) electrons. The first-order chi connectivity index (χ1) is 17.1. The zero-order chi connectivity index (χ0) is 23.9. The summed E-state index contributed by atoms with van der Waals surface area (Å²) in [6, 6.07) is 7.94. The summed E-state index contributed by atoms with van der Waals surface area (Å²) in [5.74, 6) is 0.0977. The largest absolute Gasteiger partial charge is 0.378 e. The third-order valence-corrected chi connectivity index (χ3v) is 6.62. The second-order valence-corrected chi connectivity index (χ2v) is 9.00. The van der Waals surface area contributed by atoms with Crippen LogP contribution in [0.3, 0.4) is 0 Å². The van der Waals surface area contributed by atoms with Crippen LogP contribution in [0, 0.1) is 28.5 Å². The summed E-state index contributed by atoms with van der Waals surface area (Å²) < 4.78 is 22.4. The highest BCUT2D eigenvalue weighted by Crippen LogP contribution is 2.32. The molecular weight excluding hydrogens is 451 g/mol. The Hall–Kier alpha value is -4.00. The number of halogens is 1. The number of anilines is 4. The molecule has 3 aromatic rings. The molecule has 3 fully saturated rings. The number of aromatic nitrogens is 4. The molecule has 0 amide bonds. The number of fused-ring (bicyclic) bond motifs is 1. The van der Waals surface area contributed by atoms with Gasteiger partial charge in [0.15, 0.2) is 23.0 Å². The summed E-state index contributed by atoms with van der Waals surface area (Å²) in [4.78, 5) is 13.1. The second kappa shape index (κ2) is 8.65. The Balaban J connectivity index is 1.31. The van der Waals surface area contributed by atoms with Gasteiger partial charge in [-0.1, -0.05) is 0 Å². The molecule has 178 valence electrons. The van der Waals surface area contributed by atoms with E-state index in [1.54, 1.807) is 6.07 Å². The van der Waals surface area contributed by atoms with Gasteiger partial charge in [0.25, 0.3) is 0 Å². The first-order valence-corrected chi connectivity index (χ1v) is 11.6. The zero-order valence-corrected chi connectivity index (χ0v) is 18.9. The highest BCUT2D eigenvalue weighted by molar-refractivity contribution is 5.70. The SMILES string of the molecule is N#Cc1cc(Nc2nc(NC3CC3)c3ncc(C#N)n3n2)c(F)c(N2CCN(C3COC3)CC2)c1. The molecule has 2 aliphatic heterocycles. The molecule has 1 saturated carbocycles. The lowest BCUT2D eigenvalue weighted by Crippen LogP contribution is -2.56. The van der Waals surface area contributed by atoms with E-state index >= 15 is 4.39 Å². The normalized spacial score (nSPS) is 18.7. The Bertz CT molecular complexity index is 1360. The maximum Gasteiger partial charge on any atom is 0.247 e. The third kappa shape index (κ3) is 4.07. The summed E-state index contributed by atoms with van der Waals surface area (Å²) in [6.07, 6.45) is 3.47. The predicted molar refractivity (Wildman–Crippen MR) is 125 cm³/mol. The number of nitriles is 2. The molecule has 2 N–H and O–H groups in total. The van der Waals surface area contributed by atoms with Crippen molar-refractivity contribution in [1.82, 2.24) is 24.5 Å². The quantitative estimate of drug-likeness (QED) is 0.546. The molecule has 0 spiro atoms. The lowest BCUT2D eigenvalue weighted by Gasteiger charge is -2.43. The van der Waals surface area contributed by atoms with Crippen molar-refractivity contribution in [2.75, 3.05) is 54.9 Å². The third-order valence-electron chi connectivity index (χ3n) is 6.62. The van der Waals surface area contributed by atoms with E-state index < -0.39 is 5.82 Å². The summed E-state index contributed by atoms with van der Waals surface area (Å²) >= 11 is 0. The first-order valence-electron chi connectivity index (χ1n) is 11.6. The average molecular weight is 475 g/mol. The number of nitrogens with zero attached hydrogens (tertiary/aromatic N) is 8. The van der Waals surface area contributed by atoms with Crippen LogP contribution in [-0.2, 0) is 4.74 Å². The molecule has 6 rings (SSSR count). The molecular formula is C23H23FN10O. The fourth-order valence-electron chi connectivity index (χ4n) is 4.41. The van der Waals surface area contributed by atoms with Crippen molar-refractivity contribution in [2.45, 2.75) is 24.9 Å². The lowest BCUT2D eigenvalue weighted by atomic mass is 10.1. The van der Waals surface area contributed by atoms with Crippen molar-refractivity contribution in [1.29, 1.82) is 10.5 Å². The Morgan fingerprint density at radius 1 is 1.09 bits per heavy atom. The number of hydrogen-bond donors (Lipinski definition) is 2. The van der Waals surface area contributed by atoms with Crippen molar-refractivity contribution < 1.29 is 9.13 Å². The number of nitrogens with one attached hydrogen (secondary N) is 2. The van der Waals surface area contributed by atoms with Gasteiger partial charge < -0.3 is 20.3 Å². The van der Waals surface area contributed by atoms with Gasteiger partial charge in [-0.05, 0) is 25.0 Å². The molecule has 3 aliphatic rings. The molecule has 4 heterocycles. The Morgan fingerprint density at radius 2 is 1.89 bits per heavy atom. The van der Waals surface area contributed by atoms with Crippen LogP contribution in [0.2, 0.25) is 0 Å². The van der Waals surface area contributed by atoms with Gasteiger partial charge in [0, 0.05) is 32.2 Å². The van der Waals surface area contributed by atoms with E-state index in [-0.39, 0.29) is 17.3 Å². The van der Waals surface area contributed by atoms with Crippen LogP contribution in [0.15, 0.2) is 18.3 Å². The highest BCUT2D eigenvalue weighted by Gasteiger charge is 2.30. The Morgan fingerprint density at radius 3 is 2.54 bits per heavy atom. The maximum atomic E-state index is 15.7. The molecule has 0 atom stereocenters. The van der Waals surface area contributed by atoms with Crippen LogP contribution in [0.1, 0.15) is 24.1 Å². The molecule has 2 aromatic heterocycles. The topological polar surface area (TPSA) is 130 Å². The maximum absolute atomic E-state index is 15.7. The van der Waals surface area contributed by atoms with Crippen LogP contribution in [0.25, 0.3) is 5.65 Å². The number of benzene rings is 1. The van der Waals surface area contributed by atoms with E-state index in [9.17, 15) is 10.5 Å². The monoisotopic (exact) mass is 474 g/mol. The van der Waals surface area contributed by atoms with Crippen molar-refractivity contribution >= 4 is 28.8 Å². The number of piperazine rings is 1. The van der Waals surface area contributed by atoms with Crippen LogP contribution in [0.4, 0.5) is 27.5 Å². The van der Waals surface area contributed by atoms with Gasteiger partial charge in [0.05, 0.1) is 48.5 Å². The van der Waals surface area contributed by atoms with Gasteiger partial charge in [-0.3, -0.25) is 4.90 Å². The van der Waals surface area contributed by atoms with Gasteiger partial charge in [-0.15, -0.1) is 5.10 Å². The minimum atomic E-state index is -0.476. The fourth-order valence-corrected chi connectivity index (χ4v) is 4.41. The molecule has 35 heavy (non-hydrogen) atoms. The fraction of sp³-hybridized carbons (Fsp3) is 0.435. The van der Waals surface area contributed by atoms with E-state index in [0.29, 0.717) is 47.9 Å². The van der Waals surface area contributed by atoms with Crippen molar-refractivity contribution in [3.63, 3.8) is 0 Å². The highest BCUT2D eigenvalue weighted by atomic mass is 19.1. The smallest absolute Gasteiger partial charge is 0.247 e. The average Bonchev–Trinajstić information content (AvgIpc) is 3.56. The summed E-state index contributed by atoms with van der Waals surface area (Å²) in [5.41, 5.74) is 1.47. The van der Waals surface area contributed by atoms with Crippen LogP contribution in [-0.4, -0.2) is 76.0 Å². The van der Waals surface area contributed by atoms with Crippen molar-refractivity contribution in [2.24, 2.45) is 0 Å². The predicted octanol–water partition coefficient (Wildman–Crippen LogP) is 1.85. The van der Waals surface area contributed by atoms with E-state index in [1.807, 2.05) is 4.90 Å². The second-order valence-electron chi connectivity index (χ2n) is 9.00. The van der Waals surface area contributed by atoms with Crippen LogP contribution in [0.5, 0.6) is 0 Å². The molecule has 1 aromatic carbocycles. The number of hydrogen-bond acceptors (Lipinski definition) is 10. The molecule has 0 unspecified atom stereocenters. The molecule has 2 saturated heterocycles. The minimum absolute atomic E-state index is 0.101. The van der Waals surface area contributed by atoms with E-state index in [2.05, 4.69) is 42.7 Å². The molecule has 11 nitrogen and oxygen atoms in total. The first kappa shape index (κ1) is 21.5. The van der Waals surface area contributed by atoms with Gasteiger partial charge in [0.2, 0.25) is 5.95 Å². The number of ether oxygens (including phenoxy) is 1. The van der Waals surface area contributed by atoms with Gasteiger partial charge in [-0.25, -0.2) is 9.37 Å². The zero-order valence-electron chi connectivity index (χ0n) is 18.9. The van der Waals surface area contributed by atoms with Crippen molar-refractivity contribution in [3.8, 4) is 12.1 Å². The van der Waals surface area contributed by atoms with Crippen LogP contribution < -0.4 is 15.5 Å². The van der Waals surface area contributed by atoms with Crippen molar-refractivity contribution in [3.05, 3.63) is 35.4 Å².